The van der Waals surface area contributed by atoms with Gasteiger partial charge in [0.25, 0.3) is 0 Å². The number of rotatable bonds is 1. The number of aliphatic carboxylic acids is 1. The van der Waals surface area contributed by atoms with Gasteiger partial charge in [-0.3, -0.25) is 10.8 Å². The Morgan fingerprint density at radius 2 is 1.59 bits per heavy atom. The van der Waals surface area contributed by atoms with E-state index in [4.69, 9.17) is 21.0 Å². The molecular weight excluding hydrogens is 222 g/mol. The predicted octanol–water partition coefficient (Wildman–Crippen LogP) is 0.392. The average Bonchev–Trinajstić information content (AvgIpc) is 2.56. The number of fused-ring (bicyclic) bond motifs is 1. The Hall–Kier alpha value is -2.21. The molecule has 1 atom stereocenters. The monoisotopic (exact) mass is 235 g/mol. The van der Waals surface area contributed by atoms with Crippen LogP contribution in [-0.2, 0) is 4.79 Å². The number of amidine groups is 2. The fourth-order valence-electron chi connectivity index (χ4n) is 1.18. The van der Waals surface area contributed by atoms with Crippen LogP contribution in [0.25, 0.3) is 0 Å². The molecule has 0 aromatic heterocycles. The quantitative estimate of drug-likeness (QED) is 0.484. The highest BCUT2D eigenvalue weighted by Crippen LogP contribution is 2.13. The smallest absolute Gasteiger partial charge is 0.332 e. The summed E-state index contributed by atoms with van der Waals surface area (Å²) < 4.78 is 0. The SMILES string of the molecule is CC(O)C(=O)O.N=C1NC(=N)c2ccccc21. The van der Waals surface area contributed by atoms with E-state index in [1.165, 1.54) is 6.92 Å². The molecule has 0 saturated carbocycles. The van der Waals surface area contributed by atoms with Crippen molar-refractivity contribution in [3.05, 3.63) is 35.4 Å². The lowest BCUT2D eigenvalue weighted by atomic mass is 10.1. The molecule has 1 heterocycles. The van der Waals surface area contributed by atoms with Gasteiger partial charge in [-0.1, -0.05) is 24.3 Å². The van der Waals surface area contributed by atoms with Crippen LogP contribution < -0.4 is 5.32 Å². The molecule has 1 aliphatic heterocycles. The third-order valence-electron chi connectivity index (χ3n) is 2.07. The van der Waals surface area contributed by atoms with Crippen molar-refractivity contribution in [1.29, 1.82) is 10.8 Å². The molecule has 0 amide bonds. The highest BCUT2D eigenvalue weighted by molar-refractivity contribution is 6.23. The summed E-state index contributed by atoms with van der Waals surface area (Å²) >= 11 is 0. The maximum atomic E-state index is 9.45. The first kappa shape index (κ1) is 12.9. The summed E-state index contributed by atoms with van der Waals surface area (Å²) in [5.74, 6) is -0.536. The van der Waals surface area contributed by atoms with Gasteiger partial charge in [-0.25, -0.2) is 4.79 Å². The maximum Gasteiger partial charge on any atom is 0.332 e. The molecule has 0 saturated heterocycles. The highest BCUT2D eigenvalue weighted by atomic mass is 16.4. The maximum absolute atomic E-state index is 9.45. The van der Waals surface area contributed by atoms with Crippen molar-refractivity contribution in [3.8, 4) is 0 Å². The highest BCUT2D eigenvalue weighted by Gasteiger charge is 2.18. The van der Waals surface area contributed by atoms with E-state index in [0.717, 1.165) is 11.1 Å². The van der Waals surface area contributed by atoms with Crippen LogP contribution in [0.2, 0.25) is 0 Å². The van der Waals surface area contributed by atoms with Crippen LogP contribution in [0.4, 0.5) is 0 Å². The number of carboxylic acids is 1. The molecule has 0 radical (unpaired) electrons. The fraction of sp³-hybridized carbons (Fsp3) is 0.182. The van der Waals surface area contributed by atoms with Gasteiger partial charge in [0.05, 0.1) is 0 Å². The van der Waals surface area contributed by atoms with E-state index in [-0.39, 0.29) is 0 Å². The zero-order valence-corrected chi connectivity index (χ0v) is 9.19. The van der Waals surface area contributed by atoms with Gasteiger partial charge in [0.1, 0.15) is 17.8 Å². The summed E-state index contributed by atoms with van der Waals surface area (Å²) in [6.45, 7) is 1.20. The number of carboxylic acid groups (broad SMARTS) is 1. The Morgan fingerprint density at radius 1 is 1.24 bits per heavy atom. The van der Waals surface area contributed by atoms with E-state index in [1.54, 1.807) is 0 Å². The number of nitrogens with one attached hydrogen (secondary N) is 3. The Balaban J connectivity index is 0.000000209. The summed E-state index contributed by atoms with van der Waals surface area (Å²) in [6.07, 6.45) is -1.23. The number of aliphatic hydroxyl groups excluding tert-OH is 1. The van der Waals surface area contributed by atoms with Crippen LogP contribution in [0, 0.1) is 10.8 Å². The molecule has 1 aliphatic rings. The first-order valence-corrected chi connectivity index (χ1v) is 4.88. The molecule has 0 spiro atoms. The van der Waals surface area contributed by atoms with E-state index >= 15 is 0 Å². The number of aliphatic hydroxyl groups is 1. The van der Waals surface area contributed by atoms with E-state index in [2.05, 4.69) is 5.32 Å². The zero-order valence-electron chi connectivity index (χ0n) is 9.19. The van der Waals surface area contributed by atoms with Gasteiger partial charge in [0.2, 0.25) is 0 Å². The lowest BCUT2D eigenvalue weighted by Gasteiger charge is -1.91. The van der Waals surface area contributed by atoms with Crippen LogP contribution in [0.5, 0.6) is 0 Å². The molecule has 5 N–H and O–H groups in total. The van der Waals surface area contributed by atoms with Gasteiger partial charge < -0.3 is 15.5 Å². The molecule has 6 nitrogen and oxygen atoms in total. The standard InChI is InChI=1S/C8H7N3.C3H6O3/c9-7-5-3-1-2-4-6(5)8(10)11-7;1-2(4)3(5)6/h1-4H,(H3,9,10,11);2,4H,1H3,(H,5,6). The van der Waals surface area contributed by atoms with Gasteiger partial charge in [-0.2, -0.15) is 0 Å². The molecule has 1 unspecified atom stereocenters. The van der Waals surface area contributed by atoms with Crippen LogP contribution in [-0.4, -0.2) is 34.0 Å². The third kappa shape index (κ3) is 3.12. The minimum absolute atomic E-state index is 0.325. The Morgan fingerprint density at radius 3 is 1.88 bits per heavy atom. The van der Waals surface area contributed by atoms with Gasteiger partial charge in [0.15, 0.2) is 0 Å². The van der Waals surface area contributed by atoms with Gasteiger partial charge in [-0.05, 0) is 6.92 Å². The summed E-state index contributed by atoms with van der Waals surface area (Å²) in [5, 5.41) is 33.2. The van der Waals surface area contributed by atoms with E-state index < -0.39 is 12.1 Å². The second-order valence-electron chi connectivity index (χ2n) is 3.43. The minimum Gasteiger partial charge on any atom is -0.479 e. The molecule has 17 heavy (non-hydrogen) atoms. The topological polar surface area (TPSA) is 117 Å². The first-order valence-electron chi connectivity index (χ1n) is 4.88. The van der Waals surface area contributed by atoms with Crippen LogP contribution in [0.1, 0.15) is 18.1 Å². The van der Waals surface area contributed by atoms with Crippen LogP contribution >= 0.6 is 0 Å². The molecule has 1 aromatic rings. The summed E-state index contributed by atoms with van der Waals surface area (Å²) in [7, 11) is 0. The first-order chi connectivity index (χ1) is 7.93. The zero-order chi connectivity index (χ0) is 13.0. The minimum atomic E-state index is -1.23. The molecule has 6 heteroatoms. The normalized spacial score (nSPS) is 14.2. The summed E-state index contributed by atoms with van der Waals surface area (Å²) in [5.41, 5.74) is 1.63. The molecule has 0 fully saturated rings. The van der Waals surface area contributed by atoms with Crippen molar-refractivity contribution in [3.63, 3.8) is 0 Å². The van der Waals surface area contributed by atoms with Crippen molar-refractivity contribution in [1.82, 2.24) is 5.32 Å². The van der Waals surface area contributed by atoms with Gasteiger partial charge >= 0.3 is 5.97 Å². The van der Waals surface area contributed by atoms with E-state index in [1.807, 2.05) is 24.3 Å². The van der Waals surface area contributed by atoms with Crippen molar-refractivity contribution in [2.75, 3.05) is 0 Å². The lowest BCUT2D eigenvalue weighted by molar-refractivity contribution is -0.145. The van der Waals surface area contributed by atoms with Crippen LogP contribution in [0.3, 0.4) is 0 Å². The number of carbonyl (C=O) groups is 1. The van der Waals surface area contributed by atoms with E-state index in [9.17, 15) is 4.79 Å². The number of benzene rings is 1. The predicted molar refractivity (Wildman–Crippen MR) is 62.6 cm³/mol. The lowest BCUT2D eigenvalue weighted by Crippen LogP contribution is -2.19. The van der Waals surface area contributed by atoms with Gasteiger partial charge in [0, 0.05) is 11.1 Å². The Bertz CT molecular complexity index is 436. The van der Waals surface area contributed by atoms with Crippen molar-refractivity contribution in [2.45, 2.75) is 13.0 Å². The second kappa shape index (κ2) is 5.22. The van der Waals surface area contributed by atoms with Gasteiger partial charge in [-0.15, -0.1) is 0 Å². The molecule has 0 aliphatic carbocycles. The largest absolute Gasteiger partial charge is 0.479 e. The Kier molecular flexibility index (Phi) is 3.95. The third-order valence-corrected chi connectivity index (χ3v) is 2.07. The summed E-state index contributed by atoms with van der Waals surface area (Å²) in [4.78, 5) is 9.45. The summed E-state index contributed by atoms with van der Waals surface area (Å²) in [6, 6.07) is 7.42. The molecule has 90 valence electrons. The number of hydrogen-bond donors (Lipinski definition) is 5. The van der Waals surface area contributed by atoms with E-state index in [0.29, 0.717) is 11.7 Å². The fourth-order valence-corrected chi connectivity index (χ4v) is 1.18. The number of hydrogen-bond acceptors (Lipinski definition) is 4. The van der Waals surface area contributed by atoms with Crippen molar-refractivity contribution in [2.24, 2.45) is 0 Å². The molecule has 1 aromatic carbocycles. The second-order valence-corrected chi connectivity index (χ2v) is 3.43. The van der Waals surface area contributed by atoms with Crippen molar-refractivity contribution >= 4 is 17.6 Å². The average molecular weight is 235 g/mol. The Labute approximate surface area is 97.9 Å². The van der Waals surface area contributed by atoms with Crippen LogP contribution in [0.15, 0.2) is 24.3 Å². The van der Waals surface area contributed by atoms with Crippen molar-refractivity contribution < 1.29 is 15.0 Å². The molecular formula is C11H13N3O3. The molecule has 2 rings (SSSR count). The molecule has 0 bridgehead atoms.